The van der Waals surface area contributed by atoms with E-state index in [-0.39, 0.29) is 11.9 Å². The second kappa shape index (κ2) is 5.79. The number of hydrogen-bond donors (Lipinski definition) is 1. The molecule has 0 radical (unpaired) electrons. The van der Waals surface area contributed by atoms with Crippen LogP contribution >= 0.6 is 11.3 Å². The van der Waals surface area contributed by atoms with E-state index >= 15 is 0 Å². The van der Waals surface area contributed by atoms with Gasteiger partial charge in [0, 0.05) is 22.2 Å². The highest BCUT2D eigenvalue weighted by molar-refractivity contribution is 7.11. The molecule has 1 atom stereocenters. The van der Waals surface area contributed by atoms with E-state index in [1.807, 2.05) is 6.92 Å². The molecule has 2 aromatic heterocycles. The standard InChI is InChI=1S/C13H15N3O2S/c1-9(8-11-6-5-10(2)19-11)15-12-4-3-7-14-13(12)16(17)18/h3-7,9,15H,8H2,1-2H3. The van der Waals surface area contributed by atoms with Crippen LogP contribution in [0.25, 0.3) is 0 Å². The number of thiophene rings is 1. The van der Waals surface area contributed by atoms with Gasteiger partial charge in [-0.25, -0.2) is 0 Å². The molecule has 0 bridgehead atoms. The largest absolute Gasteiger partial charge is 0.386 e. The van der Waals surface area contributed by atoms with E-state index in [0.717, 1.165) is 6.42 Å². The summed E-state index contributed by atoms with van der Waals surface area (Å²) in [5.41, 5.74) is 0.466. The van der Waals surface area contributed by atoms with E-state index in [9.17, 15) is 10.1 Å². The van der Waals surface area contributed by atoms with Crippen LogP contribution in [0.4, 0.5) is 11.5 Å². The van der Waals surface area contributed by atoms with E-state index in [0.29, 0.717) is 5.69 Å². The summed E-state index contributed by atoms with van der Waals surface area (Å²) in [5.74, 6) is -0.128. The van der Waals surface area contributed by atoms with E-state index in [1.165, 1.54) is 16.0 Å². The minimum atomic E-state index is -0.468. The second-order valence-electron chi connectivity index (χ2n) is 4.39. The Kier molecular flexibility index (Phi) is 4.11. The molecule has 19 heavy (non-hydrogen) atoms. The van der Waals surface area contributed by atoms with Gasteiger partial charge in [0.1, 0.15) is 11.9 Å². The molecule has 0 aliphatic rings. The fraction of sp³-hybridized carbons (Fsp3) is 0.308. The van der Waals surface area contributed by atoms with E-state index in [1.54, 1.807) is 23.5 Å². The van der Waals surface area contributed by atoms with Gasteiger partial charge in [-0.15, -0.1) is 11.3 Å². The van der Waals surface area contributed by atoms with Crippen molar-refractivity contribution in [3.8, 4) is 0 Å². The number of nitrogens with one attached hydrogen (secondary N) is 1. The Morgan fingerprint density at radius 3 is 2.89 bits per heavy atom. The van der Waals surface area contributed by atoms with Gasteiger partial charge >= 0.3 is 5.82 Å². The van der Waals surface area contributed by atoms with Crippen LogP contribution < -0.4 is 5.32 Å². The normalized spacial score (nSPS) is 12.1. The Morgan fingerprint density at radius 1 is 1.47 bits per heavy atom. The lowest BCUT2D eigenvalue weighted by atomic mass is 10.2. The highest BCUT2D eigenvalue weighted by Crippen LogP contribution is 2.23. The summed E-state index contributed by atoms with van der Waals surface area (Å²) in [6.07, 6.45) is 2.27. The summed E-state index contributed by atoms with van der Waals surface area (Å²) < 4.78 is 0. The summed E-state index contributed by atoms with van der Waals surface area (Å²) >= 11 is 1.75. The maximum Gasteiger partial charge on any atom is 0.386 e. The minimum Gasteiger partial charge on any atom is -0.375 e. The predicted molar refractivity (Wildman–Crippen MR) is 76.7 cm³/mol. The third-order valence-corrected chi connectivity index (χ3v) is 3.69. The molecule has 0 fully saturated rings. The third kappa shape index (κ3) is 3.51. The monoisotopic (exact) mass is 277 g/mol. The van der Waals surface area contributed by atoms with Crippen molar-refractivity contribution in [3.63, 3.8) is 0 Å². The van der Waals surface area contributed by atoms with Gasteiger partial charge in [0.2, 0.25) is 0 Å². The fourth-order valence-electron chi connectivity index (χ4n) is 1.87. The number of pyridine rings is 1. The topological polar surface area (TPSA) is 68.1 Å². The molecule has 0 spiro atoms. The maximum atomic E-state index is 10.9. The number of aromatic nitrogens is 1. The van der Waals surface area contributed by atoms with Crippen molar-refractivity contribution in [1.29, 1.82) is 0 Å². The predicted octanol–water partition coefficient (Wildman–Crippen LogP) is 3.40. The summed E-state index contributed by atoms with van der Waals surface area (Å²) in [6, 6.07) is 7.66. The Labute approximate surface area is 115 Å². The van der Waals surface area contributed by atoms with Crippen LogP contribution in [0.3, 0.4) is 0 Å². The highest BCUT2D eigenvalue weighted by Gasteiger charge is 2.16. The van der Waals surface area contributed by atoms with Gasteiger partial charge < -0.3 is 15.4 Å². The molecule has 1 N–H and O–H groups in total. The zero-order valence-electron chi connectivity index (χ0n) is 10.8. The van der Waals surface area contributed by atoms with Crippen molar-refractivity contribution in [2.75, 3.05) is 5.32 Å². The third-order valence-electron chi connectivity index (χ3n) is 2.66. The van der Waals surface area contributed by atoms with Crippen LogP contribution in [0.1, 0.15) is 16.7 Å². The first-order valence-corrected chi connectivity index (χ1v) is 6.79. The molecular weight excluding hydrogens is 262 g/mol. The lowest BCUT2D eigenvalue weighted by Gasteiger charge is -2.13. The van der Waals surface area contributed by atoms with Crippen molar-refractivity contribution < 1.29 is 4.92 Å². The van der Waals surface area contributed by atoms with Crippen LogP contribution in [0.15, 0.2) is 30.5 Å². The smallest absolute Gasteiger partial charge is 0.375 e. The molecule has 0 amide bonds. The summed E-state index contributed by atoms with van der Waals surface area (Å²) in [5, 5.41) is 14.0. The molecule has 2 rings (SSSR count). The van der Waals surface area contributed by atoms with E-state index in [2.05, 4.69) is 29.4 Å². The maximum absolute atomic E-state index is 10.9. The first-order valence-electron chi connectivity index (χ1n) is 5.97. The number of aryl methyl sites for hydroxylation is 1. The number of rotatable bonds is 5. The van der Waals surface area contributed by atoms with Gasteiger partial charge in [-0.05, 0) is 48.0 Å². The zero-order chi connectivity index (χ0) is 13.8. The molecule has 0 saturated heterocycles. The molecule has 0 aromatic carbocycles. The molecule has 0 saturated carbocycles. The molecule has 2 heterocycles. The molecule has 0 aliphatic carbocycles. The van der Waals surface area contributed by atoms with Crippen LogP contribution in [-0.2, 0) is 6.42 Å². The SMILES string of the molecule is Cc1ccc(CC(C)Nc2cccnc2[N+](=O)[O-])s1. The first-order chi connectivity index (χ1) is 9.06. The van der Waals surface area contributed by atoms with Gasteiger partial charge in [-0.1, -0.05) is 0 Å². The minimum absolute atomic E-state index is 0.112. The van der Waals surface area contributed by atoms with Crippen molar-refractivity contribution >= 4 is 22.8 Å². The summed E-state index contributed by atoms with van der Waals surface area (Å²) in [4.78, 5) is 16.7. The highest BCUT2D eigenvalue weighted by atomic mass is 32.1. The van der Waals surface area contributed by atoms with Crippen molar-refractivity contribution in [3.05, 3.63) is 50.3 Å². The summed E-state index contributed by atoms with van der Waals surface area (Å²) in [7, 11) is 0. The molecule has 5 nitrogen and oxygen atoms in total. The lowest BCUT2D eigenvalue weighted by Crippen LogP contribution is -2.18. The Bertz CT molecular complexity index is 583. The summed E-state index contributed by atoms with van der Waals surface area (Å²) in [6.45, 7) is 4.07. The van der Waals surface area contributed by atoms with Crippen molar-refractivity contribution in [2.45, 2.75) is 26.3 Å². The van der Waals surface area contributed by atoms with Crippen molar-refractivity contribution in [1.82, 2.24) is 4.98 Å². The van der Waals surface area contributed by atoms with Gasteiger partial charge in [0.05, 0.1) is 0 Å². The van der Waals surface area contributed by atoms with Gasteiger partial charge in [0.25, 0.3) is 0 Å². The van der Waals surface area contributed by atoms with Crippen LogP contribution in [0.5, 0.6) is 0 Å². The average molecular weight is 277 g/mol. The lowest BCUT2D eigenvalue weighted by molar-refractivity contribution is -0.388. The zero-order valence-corrected chi connectivity index (χ0v) is 11.6. The Balaban J connectivity index is 2.06. The van der Waals surface area contributed by atoms with Gasteiger partial charge in [-0.2, -0.15) is 0 Å². The molecule has 1 unspecified atom stereocenters. The molecule has 0 aliphatic heterocycles. The number of hydrogen-bond acceptors (Lipinski definition) is 5. The number of nitro groups is 1. The fourth-order valence-corrected chi connectivity index (χ4v) is 2.89. The quantitative estimate of drug-likeness (QED) is 0.671. The van der Waals surface area contributed by atoms with Crippen LogP contribution in [0, 0.1) is 17.0 Å². The van der Waals surface area contributed by atoms with E-state index in [4.69, 9.17) is 0 Å². The second-order valence-corrected chi connectivity index (χ2v) is 5.77. The first kappa shape index (κ1) is 13.5. The van der Waals surface area contributed by atoms with Gasteiger partial charge in [0.15, 0.2) is 0 Å². The molecule has 2 aromatic rings. The van der Waals surface area contributed by atoms with Crippen molar-refractivity contribution in [2.24, 2.45) is 0 Å². The van der Waals surface area contributed by atoms with Gasteiger partial charge in [-0.3, -0.25) is 0 Å². The number of nitrogens with zero attached hydrogens (tertiary/aromatic N) is 2. The number of anilines is 1. The van der Waals surface area contributed by atoms with Crippen LogP contribution in [-0.4, -0.2) is 15.9 Å². The van der Waals surface area contributed by atoms with E-state index < -0.39 is 4.92 Å². The Hall–Kier alpha value is -1.95. The Morgan fingerprint density at radius 2 is 2.26 bits per heavy atom. The average Bonchev–Trinajstić information content (AvgIpc) is 2.75. The molecule has 6 heteroatoms. The molecular formula is C13H15N3O2S. The van der Waals surface area contributed by atoms with Crippen LogP contribution in [0.2, 0.25) is 0 Å². The molecule has 100 valence electrons.